The molecule has 0 atom stereocenters. The topological polar surface area (TPSA) is 41.6 Å². The van der Waals surface area contributed by atoms with E-state index in [0.29, 0.717) is 17.0 Å². The Bertz CT molecular complexity index is 739. The highest BCUT2D eigenvalue weighted by Gasteiger charge is 2.28. The normalized spacial score (nSPS) is 16.0. The molecule has 25 heavy (non-hydrogen) atoms. The van der Waals surface area contributed by atoms with Crippen molar-refractivity contribution in [3.63, 3.8) is 0 Å². The molecule has 0 radical (unpaired) electrons. The number of hydrogen-bond donors (Lipinski definition) is 1. The fourth-order valence-corrected chi connectivity index (χ4v) is 3.88. The summed E-state index contributed by atoms with van der Waals surface area (Å²) in [4.78, 5) is 16.1. The molecule has 1 aliphatic heterocycles. The van der Waals surface area contributed by atoms with Gasteiger partial charge in [0, 0.05) is 35.6 Å². The summed E-state index contributed by atoms with van der Waals surface area (Å²) in [5, 5.41) is 3.01. The average molecular weight is 362 g/mol. The molecular formula is C19H23FN2O2S. The van der Waals surface area contributed by atoms with Crippen molar-refractivity contribution in [2.24, 2.45) is 0 Å². The van der Waals surface area contributed by atoms with Gasteiger partial charge in [0.1, 0.15) is 5.82 Å². The van der Waals surface area contributed by atoms with Crippen molar-refractivity contribution in [1.29, 1.82) is 0 Å². The Morgan fingerprint density at radius 2 is 1.96 bits per heavy atom. The van der Waals surface area contributed by atoms with Crippen molar-refractivity contribution >= 4 is 17.2 Å². The summed E-state index contributed by atoms with van der Waals surface area (Å²) in [6.07, 6.45) is 0. The molecule has 0 spiro atoms. The standard InChI is InChI=1S/C19H23FN2O2S/c1-19(2,22-9-11-24-12-10-22)13-21-18(23)17-8-7-16(25-17)14-5-3-4-6-15(14)20/h3-8H,9-13H2,1-2H3,(H,21,23). The van der Waals surface area contributed by atoms with Crippen molar-refractivity contribution in [3.05, 3.63) is 47.1 Å². The maximum Gasteiger partial charge on any atom is 0.261 e. The summed E-state index contributed by atoms with van der Waals surface area (Å²) in [5.74, 6) is -0.390. The monoisotopic (exact) mass is 362 g/mol. The summed E-state index contributed by atoms with van der Waals surface area (Å²) in [6.45, 7) is 8.01. The largest absolute Gasteiger partial charge is 0.379 e. The lowest BCUT2D eigenvalue weighted by Gasteiger charge is -2.40. The molecule has 0 bridgehead atoms. The molecular weight excluding hydrogens is 339 g/mol. The molecule has 1 aliphatic rings. The van der Waals surface area contributed by atoms with Gasteiger partial charge in [-0.2, -0.15) is 0 Å². The summed E-state index contributed by atoms with van der Waals surface area (Å²) in [5.41, 5.74) is 0.394. The number of amides is 1. The molecule has 0 saturated carbocycles. The van der Waals surface area contributed by atoms with Crippen LogP contribution in [0.3, 0.4) is 0 Å². The molecule has 1 amide bonds. The molecule has 1 N–H and O–H groups in total. The summed E-state index contributed by atoms with van der Waals surface area (Å²) < 4.78 is 19.3. The number of thiophene rings is 1. The Morgan fingerprint density at radius 1 is 1.24 bits per heavy atom. The van der Waals surface area contributed by atoms with Crippen molar-refractivity contribution in [3.8, 4) is 10.4 Å². The van der Waals surface area contributed by atoms with Crippen LogP contribution >= 0.6 is 11.3 Å². The number of carbonyl (C=O) groups is 1. The van der Waals surface area contributed by atoms with Gasteiger partial charge < -0.3 is 10.1 Å². The second kappa shape index (κ2) is 7.64. The van der Waals surface area contributed by atoms with Gasteiger partial charge in [-0.15, -0.1) is 11.3 Å². The third-order valence-electron chi connectivity index (χ3n) is 4.52. The van der Waals surface area contributed by atoms with E-state index in [-0.39, 0.29) is 17.3 Å². The van der Waals surface area contributed by atoms with E-state index < -0.39 is 0 Å². The lowest BCUT2D eigenvalue weighted by molar-refractivity contribution is -0.00922. The molecule has 3 rings (SSSR count). The fraction of sp³-hybridized carbons (Fsp3) is 0.421. The minimum Gasteiger partial charge on any atom is -0.379 e. The van der Waals surface area contributed by atoms with Crippen LogP contribution in [0.1, 0.15) is 23.5 Å². The second-order valence-corrected chi connectivity index (χ2v) is 7.82. The lowest BCUT2D eigenvalue weighted by atomic mass is 10.0. The minimum atomic E-state index is -0.273. The predicted molar refractivity (Wildman–Crippen MR) is 98.5 cm³/mol. The van der Waals surface area contributed by atoms with Crippen molar-refractivity contribution in [2.75, 3.05) is 32.8 Å². The van der Waals surface area contributed by atoms with Crippen LogP contribution in [0.2, 0.25) is 0 Å². The number of carbonyl (C=O) groups excluding carboxylic acids is 1. The van der Waals surface area contributed by atoms with Crippen molar-refractivity contribution < 1.29 is 13.9 Å². The molecule has 2 heterocycles. The number of nitrogens with one attached hydrogen (secondary N) is 1. The van der Waals surface area contributed by atoms with Gasteiger partial charge in [-0.1, -0.05) is 18.2 Å². The highest BCUT2D eigenvalue weighted by atomic mass is 32.1. The van der Waals surface area contributed by atoms with Crippen LogP contribution in [-0.4, -0.2) is 49.2 Å². The van der Waals surface area contributed by atoms with Crippen LogP contribution in [0.15, 0.2) is 36.4 Å². The zero-order chi connectivity index (χ0) is 17.9. The third-order valence-corrected chi connectivity index (χ3v) is 5.64. The van der Waals surface area contributed by atoms with Gasteiger partial charge in [-0.25, -0.2) is 4.39 Å². The highest BCUT2D eigenvalue weighted by Crippen LogP contribution is 2.30. The quantitative estimate of drug-likeness (QED) is 0.886. The van der Waals surface area contributed by atoms with Gasteiger partial charge >= 0.3 is 0 Å². The fourth-order valence-electron chi connectivity index (χ4n) is 2.93. The zero-order valence-electron chi connectivity index (χ0n) is 14.5. The van der Waals surface area contributed by atoms with E-state index in [0.717, 1.165) is 31.2 Å². The number of halogens is 1. The van der Waals surface area contributed by atoms with Crippen LogP contribution in [-0.2, 0) is 4.74 Å². The van der Waals surface area contributed by atoms with E-state index >= 15 is 0 Å². The second-order valence-electron chi connectivity index (χ2n) is 6.74. The maximum absolute atomic E-state index is 13.9. The van der Waals surface area contributed by atoms with Crippen LogP contribution in [0.5, 0.6) is 0 Å². The van der Waals surface area contributed by atoms with E-state index in [4.69, 9.17) is 4.74 Å². The first-order valence-electron chi connectivity index (χ1n) is 8.43. The first-order valence-corrected chi connectivity index (χ1v) is 9.25. The van der Waals surface area contributed by atoms with Crippen LogP contribution in [0.25, 0.3) is 10.4 Å². The zero-order valence-corrected chi connectivity index (χ0v) is 15.4. The van der Waals surface area contributed by atoms with Crippen LogP contribution < -0.4 is 5.32 Å². The molecule has 0 aliphatic carbocycles. The summed E-state index contributed by atoms with van der Waals surface area (Å²) >= 11 is 1.31. The molecule has 1 aromatic carbocycles. The SMILES string of the molecule is CC(C)(CNC(=O)c1ccc(-c2ccccc2F)s1)N1CCOCC1. The molecule has 2 aromatic rings. The Balaban J connectivity index is 1.63. The highest BCUT2D eigenvalue weighted by molar-refractivity contribution is 7.17. The molecule has 134 valence electrons. The van der Waals surface area contributed by atoms with Gasteiger partial charge in [0.2, 0.25) is 0 Å². The number of ether oxygens (including phenoxy) is 1. The first-order chi connectivity index (χ1) is 12.0. The smallest absolute Gasteiger partial charge is 0.261 e. The number of morpholine rings is 1. The van der Waals surface area contributed by atoms with Gasteiger partial charge in [-0.05, 0) is 32.0 Å². The van der Waals surface area contributed by atoms with E-state index in [9.17, 15) is 9.18 Å². The lowest BCUT2D eigenvalue weighted by Crippen LogP contribution is -2.55. The van der Waals surface area contributed by atoms with Crippen LogP contribution in [0, 0.1) is 5.82 Å². The Labute approximate surface area is 151 Å². The maximum atomic E-state index is 13.9. The Hall–Kier alpha value is -1.76. The summed E-state index contributed by atoms with van der Waals surface area (Å²) in [6, 6.07) is 10.2. The van der Waals surface area contributed by atoms with Crippen molar-refractivity contribution in [1.82, 2.24) is 10.2 Å². The molecule has 1 aromatic heterocycles. The van der Waals surface area contributed by atoms with E-state index in [1.807, 2.05) is 0 Å². The summed E-state index contributed by atoms with van der Waals surface area (Å²) in [7, 11) is 0. The van der Waals surface area contributed by atoms with Gasteiger partial charge in [0.15, 0.2) is 0 Å². The molecule has 4 nitrogen and oxygen atoms in total. The van der Waals surface area contributed by atoms with E-state index in [2.05, 4.69) is 24.1 Å². The molecule has 0 unspecified atom stereocenters. The number of nitrogens with zero attached hydrogens (tertiary/aromatic N) is 1. The minimum absolute atomic E-state index is 0.117. The molecule has 1 saturated heterocycles. The number of rotatable bonds is 5. The third kappa shape index (κ3) is 4.26. The molecule has 6 heteroatoms. The van der Waals surface area contributed by atoms with Crippen molar-refractivity contribution in [2.45, 2.75) is 19.4 Å². The molecule has 1 fully saturated rings. The number of hydrogen-bond acceptors (Lipinski definition) is 4. The number of benzene rings is 1. The average Bonchev–Trinajstić information content (AvgIpc) is 3.11. The van der Waals surface area contributed by atoms with Crippen LogP contribution in [0.4, 0.5) is 4.39 Å². The predicted octanol–water partition coefficient (Wildman–Crippen LogP) is 3.39. The van der Waals surface area contributed by atoms with E-state index in [1.54, 1.807) is 30.3 Å². The Kier molecular flexibility index (Phi) is 5.51. The van der Waals surface area contributed by atoms with Gasteiger partial charge in [-0.3, -0.25) is 9.69 Å². The van der Waals surface area contributed by atoms with E-state index in [1.165, 1.54) is 17.4 Å². The van der Waals surface area contributed by atoms with Gasteiger partial charge in [0.25, 0.3) is 5.91 Å². The van der Waals surface area contributed by atoms with Gasteiger partial charge in [0.05, 0.1) is 18.1 Å². The Morgan fingerprint density at radius 3 is 2.68 bits per heavy atom. The first kappa shape index (κ1) is 18.0.